The van der Waals surface area contributed by atoms with E-state index in [-0.39, 0.29) is 29.4 Å². The van der Waals surface area contributed by atoms with Gasteiger partial charge in [0.05, 0.1) is 11.8 Å². The number of aromatic hydroxyl groups is 1. The Morgan fingerprint density at radius 1 is 1.00 bits per heavy atom. The SMILES string of the molecule is O=C1C2CC=CCC2C(=O)N1CCc1ccc(O)cc1. The summed E-state index contributed by atoms with van der Waals surface area (Å²) in [6.07, 6.45) is 5.99. The van der Waals surface area contributed by atoms with Crippen molar-refractivity contribution >= 4 is 11.8 Å². The maximum absolute atomic E-state index is 12.3. The van der Waals surface area contributed by atoms with Crippen molar-refractivity contribution in [2.75, 3.05) is 6.54 Å². The normalized spacial score (nSPS) is 25.1. The summed E-state index contributed by atoms with van der Waals surface area (Å²) in [5.41, 5.74) is 1.01. The van der Waals surface area contributed by atoms with Gasteiger partial charge in [0.15, 0.2) is 0 Å². The van der Waals surface area contributed by atoms with Gasteiger partial charge < -0.3 is 5.11 Å². The van der Waals surface area contributed by atoms with Crippen LogP contribution in [0.5, 0.6) is 5.75 Å². The Morgan fingerprint density at radius 3 is 2.10 bits per heavy atom. The third kappa shape index (κ3) is 2.22. The van der Waals surface area contributed by atoms with E-state index in [0.717, 1.165) is 5.56 Å². The van der Waals surface area contributed by atoms with Crippen molar-refractivity contribution in [3.8, 4) is 5.75 Å². The first kappa shape index (κ1) is 12.9. The maximum Gasteiger partial charge on any atom is 0.233 e. The lowest BCUT2D eigenvalue weighted by molar-refractivity contribution is -0.139. The molecule has 20 heavy (non-hydrogen) atoms. The summed E-state index contributed by atoms with van der Waals surface area (Å²) in [6, 6.07) is 6.86. The zero-order chi connectivity index (χ0) is 14.1. The van der Waals surface area contributed by atoms with Gasteiger partial charge in [0.1, 0.15) is 5.75 Å². The Balaban J connectivity index is 1.67. The molecule has 2 unspecified atom stereocenters. The number of nitrogens with zero attached hydrogens (tertiary/aromatic N) is 1. The Kier molecular flexibility index (Phi) is 3.30. The number of fused-ring (bicyclic) bond motifs is 1. The molecule has 1 aliphatic heterocycles. The molecule has 0 saturated carbocycles. The van der Waals surface area contributed by atoms with Crippen LogP contribution in [0.4, 0.5) is 0 Å². The molecule has 0 bridgehead atoms. The monoisotopic (exact) mass is 271 g/mol. The summed E-state index contributed by atoms with van der Waals surface area (Å²) >= 11 is 0. The number of rotatable bonds is 3. The first-order chi connectivity index (χ1) is 9.66. The lowest BCUT2D eigenvalue weighted by Gasteiger charge is -2.14. The lowest BCUT2D eigenvalue weighted by Crippen LogP contribution is -2.33. The van der Waals surface area contributed by atoms with E-state index >= 15 is 0 Å². The van der Waals surface area contributed by atoms with Crippen LogP contribution >= 0.6 is 0 Å². The van der Waals surface area contributed by atoms with Gasteiger partial charge in [-0.1, -0.05) is 24.3 Å². The molecule has 0 spiro atoms. The van der Waals surface area contributed by atoms with E-state index in [1.165, 1.54) is 4.90 Å². The van der Waals surface area contributed by atoms with Crippen molar-refractivity contribution in [3.05, 3.63) is 42.0 Å². The van der Waals surface area contributed by atoms with Crippen molar-refractivity contribution < 1.29 is 14.7 Å². The van der Waals surface area contributed by atoms with Crippen LogP contribution in [0.25, 0.3) is 0 Å². The van der Waals surface area contributed by atoms with Crippen molar-refractivity contribution in [2.24, 2.45) is 11.8 Å². The van der Waals surface area contributed by atoms with E-state index in [1.807, 2.05) is 24.3 Å². The molecule has 0 aromatic heterocycles. The molecule has 4 heteroatoms. The number of carbonyl (C=O) groups is 2. The molecule has 2 amide bonds. The highest BCUT2D eigenvalue weighted by Gasteiger charge is 2.46. The number of benzene rings is 1. The highest BCUT2D eigenvalue weighted by atomic mass is 16.3. The molecular formula is C16H17NO3. The number of hydrogen-bond donors (Lipinski definition) is 1. The minimum Gasteiger partial charge on any atom is -0.508 e. The summed E-state index contributed by atoms with van der Waals surface area (Å²) in [4.78, 5) is 25.9. The van der Waals surface area contributed by atoms with Gasteiger partial charge in [0.2, 0.25) is 11.8 Å². The average Bonchev–Trinajstić information content (AvgIpc) is 2.71. The first-order valence-electron chi connectivity index (χ1n) is 6.95. The average molecular weight is 271 g/mol. The molecule has 3 rings (SSSR count). The van der Waals surface area contributed by atoms with E-state index in [4.69, 9.17) is 0 Å². The molecule has 4 nitrogen and oxygen atoms in total. The number of phenols is 1. The van der Waals surface area contributed by atoms with Crippen molar-refractivity contribution in [1.82, 2.24) is 4.90 Å². The van der Waals surface area contributed by atoms with Gasteiger partial charge in [0, 0.05) is 6.54 Å². The van der Waals surface area contributed by atoms with E-state index in [0.29, 0.717) is 25.8 Å². The zero-order valence-electron chi connectivity index (χ0n) is 11.2. The summed E-state index contributed by atoms with van der Waals surface area (Å²) in [7, 11) is 0. The number of imide groups is 1. The second-order valence-electron chi connectivity index (χ2n) is 5.40. The molecule has 0 radical (unpaired) electrons. The van der Waals surface area contributed by atoms with E-state index in [9.17, 15) is 14.7 Å². The Morgan fingerprint density at radius 2 is 1.55 bits per heavy atom. The van der Waals surface area contributed by atoms with Crippen LogP contribution in [-0.4, -0.2) is 28.4 Å². The number of amides is 2. The smallest absolute Gasteiger partial charge is 0.233 e. The molecule has 2 atom stereocenters. The quantitative estimate of drug-likeness (QED) is 0.674. The molecule has 1 aromatic carbocycles. The third-order valence-corrected chi connectivity index (χ3v) is 4.16. The van der Waals surface area contributed by atoms with Crippen molar-refractivity contribution in [3.63, 3.8) is 0 Å². The summed E-state index contributed by atoms with van der Waals surface area (Å²) in [5, 5.41) is 9.24. The number of allylic oxidation sites excluding steroid dienone is 2. The van der Waals surface area contributed by atoms with Crippen LogP contribution in [0.1, 0.15) is 18.4 Å². The molecular weight excluding hydrogens is 254 g/mol. The molecule has 1 aromatic rings. The minimum absolute atomic E-state index is 0.0249. The van der Waals surface area contributed by atoms with Crippen LogP contribution in [0.2, 0.25) is 0 Å². The van der Waals surface area contributed by atoms with Crippen molar-refractivity contribution in [2.45, 2.75) is 19.3 Å². The summed E-state index contributed by atoms with van der Waals surface area (Å²) < 4.78 is 0. The third-order valence-electron chi connectivity index (χ3n) is 4.16. The molecule has 2 aliphatic rings. The van der Waals surface area contributed by atoms with Gasteiger partial charge >= 0.3 is 0 Å². The predicted octanol–water partition coefficient (Wildman–Crippen LogP) is 1.89. The Bertz CT molecular complexity index is 536. The van der Waals surface area contributed by atoms with Gasteiger partial charge in [-0.25, -0.2) is 0 Å². The maximum atomic E-state index is 12.3. The van der Waals surface area contributed by atoms with E-state index in [1.54, 1.807) is 12.1 Å². The van der Waals surface area contributed by atoms with Gasteiger partial charge in [-0.2, -0.15) is 0 Å². The number of phenolic OH excluding ortho intramolecular Hbond substituents is 1. The zero-order valence-corrected chi connectivity index (χ0v) is 11.2. The molecule has 1 heterocycles. The Hall–Kier alpha value is -2.10. The molecule has 1 aliphatic carbocycles. The van der Waals surface area contributed by atoms with Crippen molar-refractivity contribution in [1.29, 1.82) is 0 Å². The van der Waals surface area contributed by atoms with Gasteiger partial charge in [-0.3, -0.25) is 14.5 Å². The second kappa shape index (κ2) is 5.12. The fourth-order valence-corrected chi connectivity index (χ4v) is 2.99. The van der Waals surface area contributed by atoms with E-state index in [2.05, 4.69) is 0 Å². The molecule has 1 saturated heterocycles. The molecule has 104 valence electrons. The number of carbonyl (C=O) groups excluding carboxylic acids is 2. The fraction of sp³-hybridized carbons (Fsp3) is 0.375. The summed E-state index contributed by atoms with van der Waals surface area (Å²) in [5.74, 6) is -0.120. The van der Waals surface area contributed by atoms with Crippen LogP contribution in [-0.2, 0) is 16.0 Å². The van der Waals surface area contributed by atoms with Gasteiger partial charge in [-0.05, 0) is 37.0 Å². The number of hydrogen-bond acceptors (Lipinski definition) is 3. The van der Waals surface area contributed by atoms with Gasteiger partial charge in [-0.15, -0.1) is 0 Å². The number of likely N-dealkylation sites (tertiary alicyclic amines) is 1. The fourth-order valence-electron chi connectivity index (χ4n) is 2.99. The second-order valence-corrected chi connectivity index (χ2v) is 5.40. The first-order valence-corrected chi connectivity index (χ1v) is 6.95. The van der Waals surface area contributed by atoms with Gasteiger partial charge in [0.25, 0.3) is 0 Å². The highest BCUT2D eigenvalue weighted by molar-refractivity contribution is 6.05. The van der Waals surface area contributed by atoms with Crippen LogP contribution in [0, 0.1) is 11.8 Å². The summed E-state index contributed by atoms with van der Waals surface area (Å²) in [6.45, 7) is 0.426. The predicted molar refractivity (Wildman–Crippen MR) is 73.9 cm³/mol. The Labute approximate surface area is 117 Å². The topological polar surface area (TPSA) is 57.6 Å². The minimum atomic E-state index is -0.146. The van der Waals surface area contributed by atoms with E-state index < -0.39 is 0 Å². The lowest BCUT2D eigenvalue weighted by atomic mass is 9.85. The largest absolute Gasteiger partial charge is 0.508 e. The van der Waals surface area contributed by atoms with Crippen LogP contribution < -0.4 is 0 Å². The highest BCUT2D eigenvalue weighted by Crippen LogP contribution is 2.35. The standard InChI is InChI=1S/C16H17NO3/c18-12-7-5-11(6-8-12)9-10-17-15(19)13-3-1-2-4-14(13)16(17)20/h1-2,5-8,13-14,18H,3-4,9-10H2. The van der Waals surface area contributed by atoms with Crippen LogP contribution in [0.3, 0.4) is 0 Å². The van der Waals surface area contributed by atoms with Crippen LogP contribution in [0.15, 0.2) is 36.4 Å². The molecule has 1 fully saturated rings. The molecule has 1 N–H and O–H groups in total.